The van der Waals surface area contributed by atoms with Crippen molar-refractivity contribution in [2.45, 2.75) is 76.7 Å². The van der Waals surface area contributed by atoms with Crippen LogP contribution in [0.2, 0.25) is 0 Å². The number of amides is 2. The van der Waals surface area contributed by atoms with Gasteiger partial charge in [0.1, 0.15) is 0 Å². The summed E-state index contributed by atoms with van der Waals surface area (Å²) in [4.78, 5) is 24.4. The molecule has 0 heterocycles. The lowest BCUT2D eigenvalue weighted by Gasteiger charge is -2.19. The minimum Gasteiger partial charge on any atom is -0.345 e. The minimum absolute atomic E-state index is 0.108. The topological polar surface area (TPSA) is 58.2 Å². The lowest BCUT2D eigenvalue weighted by molar-refractivity contribution is -0.136. The number of carbonyl (C=O) groups is 2. The number of para-hydroxylation sites is 1. The number of rotatable bonds is 2. The summed E-state index contributed by atoms with van der Waals surface area (Å²) in [5.41, 5.74) is 0.612. The van der Waals surface area contributed by atoms with Gasteiger partial charge in [0.15, 0.2) is 0 Å². The number of anilines is 1. The lowest BCUT2D eigenvalue weighted by Crippen LogP contribution is -2.42. The van der Waals surface area contributed by atoms with Crippen LogP contribution in [0.25, 0.3) is 0 Å². The molecular formula is C20H29BrN2O2. The Hall–Kier alpha value is -1.36. The SMILES string of the molecule is O=C(Nc1ccccc1Br)C(=O)NC1CCCCCCCCCCC1. The minimum atomic E-state index is -0.599. The summed E-state index contributed by atoms with van der Waals surface area (Å²) < 4.78 is 0.766. The molecule has 2 N–H and O–H groups in total. The maximum absolute atomic E-state index is 12.3. The van der Waals surface area contributed by atoms with Crippen molar-refractivity contribution in [3.05, 3.63) is 28.7 Å². The molecule has 1 aromatic carbocycles. The van der Waals surface area contributed by atoms with Crippen LogP contribution >= 0.6 is 15.9 Å². The molecule has 0 atom stereocenters. The van der Waals surface area contributed by atoms with Crippen molar-refractivity contribution >= 4 is 33.4 Å². The van der Waals surface area contributed by atoms with Gasteiger partial charge in [-0.2, -0.15) is 0 Å². The van der Waals surface area contributed by atoms with Crippen LogP contribution in [0.15, 0.2) is 28.7 Å². The van der Waals surface area contributed by atoms with Crippen molar-refractivity contribution in [3.8, 4) is 0 Å². The normalized spacial score (nSPS) is 17.8. The summed E-state index contributed by atoms with van der Waals surface area (Å²) in [5, 5.41) is 5.61. The van der Waals surface area contributed by atoms with Crippen molar-refractivity contribution in [1.29, 1.82) is 0 Å². The monoisotopic (exact) mass is 408 g/mol. The molecule has 138 valence electrons. The standard InChI is InChI=1S/C20H29BrN2O2/c21-17-14-10-11-15-18(17)23-20(25)19(24)22-16-12-8-6-4-2-1-3-5-7-9-13-16/h10-11,14-16H,1-9,12-13H2,(H,22,24)(H,23,25). The Morgan fingerprint density at radius 2 is 1.32 bits per heavy atom. The third-order valence-electron chi connectivity index (χ3n) is 4.77. The number of nitrogens with one attached hydrogen (secondary N) is 2. The first-order valence-electron chi connectivity index (χ1n) is 9.53. The predicted octanol–water partition coefficient (Wildman–Crippen LogP) is 5.18. The Labute approximate surface area is 159 Å². The first kappa shape index (κ1) is 20.0. The van der Waals surface area contributed by atoms with E-state index in [0.717, 1.165) is 30.2 Å². The van der Waals surface area contributed by atoms with Crippen molar-refractivity contribution in [1.82, 2.24) is 5.32 Å². The fraction of sp³-hybridized carbons (Fsp3) is 0.600. The summed E-state index contributed by atoms with van der Waals surface area (Å²) in [6.45, 7) is 0. The second kappa shape index (κ2) is 11.3. The molecule has 0 unspecified atom stereocenters. The Morgan fingerprint density at radius 3 is 1.88 bits per heavy atom. The highest BCUT2D eigenvalue weighted by molar-refractivity contribution is 9.10. The average Bonchev–Trinajstić information content (AvgIpc) is 2.59. The third kappa shape index (κ3) is 7.59. The molecule has 0 radical (unpaired) electrons. The van der Waals surface area contributed by atoms with Gasteiger partial charge in [0, 0.05) is 10.5 Å². The molecule has 25 heavy (non-hydrogen) atoms. The van der Waals surface area contributed by atoms with Crippen LogP contribution in [0.3, 0.4) is 0 Å². The summed E-state index contributed by atoms with van der Waals surface area (Å²) >= 11 is 3.37. The van der Waals surface area contributed by atoms with E-state index >= 15 is 0 Å². The van der Waals surface area contributed by atoms with Crippen LogP contribution in [-0.4, -0.2) is 17.9 Å². The van der Waals surface area contributed by atoms with E-state index in [-0.39, 0.29) is 6.04 Å². The van der Waals surface area contributed by atoms with Gasteiger partial charge in [0.05, 0.1) is 5.69 Å². The molecule has 0 aliphatic heterocycles. The number of halogens is 1. The van der Waals surface area contributed by atoms with Crippen molar-refractivity contribution < 1.29 is 9.59 Å². The summed E-state index contributed by atoms with van der Waals surface area (Å²) in [6.07, 6.45) is 13.2. The Morgan fingerprint density at radius 1 is 0.800 bits per heavy atom. The van der Waals surface area contributed by atoms with Gasteiger partial charge in [-0.15, -0.1) is 0 Å². The first-order chi connectivity index (χ1) is 12.2. The quantitative estimate of drug-likeness (QED) is 0.662. The van der Waals surface area contributed by atoms with Gasteiger partial charge in [-0.3, -0.25) is 9.59 Å². The summed E-state index contributed by atoms with van der Waals surface area (Å²) in [6, 6.07) is 7.40. The lowest BCUT2D eigenvalue weighted by atomic mass is 9.98. The zero-order valence-corrected chi connectivity index (χ0v) is 16.4. The van der Waals surface area contributed by atoms with Crippen molar-refractivity contribution in [2.24, 2.45) is 0 Å². The maximum Gasteiger partial charge on any atom is 0.313 e. The molecule has 1 aromatic rings. The molecule has 0 saturated heterocycles. The maximum atomic E-state index is 12.3. The van der Waals surface area contributed by atoms with Crippen molar-refractivity contribution in [2.75, 3.05) is 5.32 Å². The molecule has 0 bridgehead atoms. The third-order valence-corrected chi connectivity index (χ3v) is 5.46. The molecule has 1 saturated carbocycles. The van der Waals surface area contributed by atoms with Crippen LogP contribution in [-0.2, 0) is 9.59 Å². The molecule has 2 amide bonds. The van der Waals surface area contributed by atoms with Crippen LogP contribution < -0.4 is 10.6 Å². The van der Waals surface area contributed by atoms with Crippen molar-refractivity contribution in [3.63, 3.8) is 0 Å². The van der Waals surface area contributed by atoms with E-state index in [1.54, 1.807) is 6.07 Å². The zero-order valence-electron chi connectivity index (χ0n) is 14.9. The largest absolute Gasteiger partial charge is 0.345 e. The fourth-order valence-electron chi connectivity index (χ4n) is 3.30. The molecule has 1 fully saturated rings. The molecule has 4 nitrogen and oxygen atoms in total. The molecule has 1 aliphatic rings. The summed E-state index contributed by atoms with van der Waals surface area (Å²) in [5.74, 6) is -1.13. The second-order valence-corrected chi connectivity index (χ2v) is 7.72. The highest BCUT2D eigenvalue weighted by Gasteiger charge is 2.19. The van der Waals surface area contributed by atoms with E-state index in [0.29, 0.717) is 5.69 Å². The Bertz CT molecular complexity index is 550. The number of benzene rings is 1. The van der Waals surface area contributed by atoms with E-state index in [1.165, 1.54) is 44.9 Å². The number of carbonyl (C=O) groups excluding carboxylic acids is 2. The molecule has 5 heteroatoms. The highest BCUT2D eigenvalue weighted by atomic mass is 79.9. The number of hydrogen-bond acceptors (Lipinski definition) is 2. The average molecular weight is 409 g/mol. The van der Waals surface area contributed by atoms with Crippen LogP contribution in [0, 0.1) is 0 Å². The smallest absolute Gasteiger partial charge is 0.313 e. The molecule has 0 spiro atoms. The van der Waals surface area contributed by atoms with Gasteiger partial charge < -0.3 is 10.6 Å². The van der Waals surface area contributed by atoms with Gasteiger partial charge in [-0.25, -0.2) is 0 Å². The van der Waals surface area contributed by atoms with E-state index in [1.807, 2.05) is 18.2 Å². The second-order valence-electron chi connectivity index (χ2n) is 6.86. The first-order valence-corrected chi connectivity index (χ1v) is 10.3. The van der Waals surface area contributed by atoms with Crippen LogP contribution in [0.4, 0.5) is 5.69 Å². The highest BCUT2D eigenvalue weighted by Crippen LogP contribution is 2.21. The van der Waals surface area contributed by atoms with Gasteiger partial charge >= 0.3 is 11.8 Å². The van der Waals surface area contributed by atoms with Crippen LogP contribution in [0.5, 0.6) is 0 Å². The van der Waals surface area contributed by atoms with Gasteiger partial charge in [0.2, 0.25) is 0 Å². The Balaban J connectivity index is 1.84. The van der Waals surface area contributed by atoms with Gasteiger partial charge in [-0.05, 0) is 40.9 Å². The predicted molar refractivity (Wildman–Crippen MR) is 105 cm³/mol. The van der Waals surface area contributed by atoms with Crippen LogP contribution in [0.1, 0.15) is 70.6 Å². The molecule has 2 rings (SSSR count). The molecule has 0 aromatic heterocycles. The van der Waals surface area contributed by atoms with E-state index < -0.39 is 11.8 Å². The molecular weight excluding hydrogens is 380 g/mol. The fourth-order valence-corrected chi connectivity index (χ4v) is 3.68. The van der Waals surface area contributed by atoms with Gasteiger partial charge in [0.25, 0.3) is 0 Å². The number of hydrogen-bond donors (Lipinski definition) is 2. The van der Waals surface area contributed by atoms with E-state index in [9.17, 15) is 9.59 Å². The van der Waals surface area contributed by atoms with E-state index in [4.69, 9.17) is 0 Å². The zero-order chi connectivity index (χ0) is 17.9. The summed E-state index contributed by atoms with van der Waals surface area (Å²) in [7, 11) is 0. The van der Waals surface area contributed by atoms with E-state index in [2.05, 4.69) is 26.6 Å². The Kier molecular flexibility index (Phi) is 9.02. The van der Waals surface area contributed by atoms with Gasteiger partial charge in [-0.1, -0.05) is 69.9 Å². The molecule has 1 aliphatic carbocycles.